The van der Waals surface area contributed by atoms with Gasteiger partial charge in [-0.25, -0.2) is 9.13 Å². The molecular weight excluding hydrogens is 242 g/mol. The zero-order valence-electron chi connectivity index (χ0n) is 7.30. The number of hydrogen-bond donors (Lipinski definition) is 6. The molecule has 0 aliphatic heterocycles. The highest BCUT2D eigenvalue weighted by atomic mass is 31.2. The quantitative estimate of drug-likeness (QED) is 0.288. The van der Waals surface area contributed by atoms with Crippen LogP contribution in [0.3, 0.4) is 0 Å². The predicted molar refractivity (Wildman–Crippen MR) is 44.9 cm³/mol. The molecule has 0 aliphatic carbocycles. The first-order valence-electron chi connectivity index (χ1n) is 2.77. The Morgan fingerprint density at radius 3 is 0.786 bits per heavy atom. The summed E-state index contributed by atoms with van der Waals surface area (Å²) in [5.41, 5.74) is 0. The molecule has 0 aromatic heterocycles. The minimum atomic E-state index is -4.64. The van der Waals surface area contributed by atoms with Crippen LogP contribution in [0, 0.1) is 0 Å². The molecule has 0 rings (SSSR count). The molecule has 0 fully saturated rings. The van der Waals surface area contributed by atoms with Crippen molar-refractivity contribution in [1.29, 1.82) is 0 Å². The van der Waals surface area contributed by atoms with E-state index >= 15 is 0 Å². The van der Waals surface area contributed by atoms with Crippen molar-refractivity contribution in [2.45, 2.75) is 13.8 Å². The minimum absolute atomic E-state index is 0.167. The predicted octanol–water partition coefficient (Wildman–Crippen LogP) is -1.26. The molecule has 6 N–H and O–H groups in total. The fraction of sp³-hybridized carbons (Fsp3) is 0.667. The van der Waals surface area contributed by atoms with Crippen molar-refractivity contribution in [3.05, 3.63) is 0 Å². The van der Waals surface area contributed by atoms with E-state index in [1.807, 2.05) is 0 Å². The lowest BCUT2D eigenvalue weighted by Gasteiger charge is -1.82. The van der Waals surface area contributed by atoms with Gasteiger partial charge in [0.2, 0.25) is 0 Å². The minimum Gasteiger partial charge on any atom is -0.303 e. The van der Waals surface area contributed by atoms with Gasteiger partial charge in [-0.1, -0.05) is 0 Å². The second kappa shape index (κ2) is 8.22. The number of carbonyl (C=O) groups excluding carboxylic acids is 1. The zero-order chi connectivity index (χ0) is 12.6. The van der Waals surface area contributed by atoms with Crippen LogP contribution in [0.2, 0.25) is 0 Å². The average molecular weight is 254 g/mol. The van der Waals surface area contributed by atoms with Crippen LogP contribution in [0.4, 0.5) is 0 Å². The summed E-state index contributed by atoms with van der Waals surface area (Å²) < 4.78 is 17.8. The Bertz CT molecular complexity index is 194. The van der Waals surface area contributed by atoms with Gasteiger partial charge in [-0.05, 0) is 13.8 Å². The van der Waals surface area contributed by atoms with E-state index in [1.54, 1.807) is 0 Å². The van der Waals surface area contributed by atoms with Crippen molar-refractivity contribution in [1.82, 2.24) is 0 Å². The first-order valence-corrected chi connectivity index (χ1v) is 5.90. The Kier molecular flexibility index (Phi) is 11.4. The fourth-order valence-electron chi connectivity index (χ4n) is 0. The van der Waals surface area contributed by atoms with Crippen LogP contribution >= 0.6 is 15.6 Å². The number of ketones is 1. The summed E-state index contributed by atoms with van der Waals surface area (Å²) in [5.74, 6) is 0.167. The highest BCUT2D eigenvalue weighted by Crippen LogP contribution is 2.26. The first kappa shape index (κ1) is 19.5. The molecule has 0 aromatic rings. The molecule has 0 saturated carbocycles. The summed E-state index contributed by atoms with van der Waals surface area (Å²) in [6.45, 7) is 3.06. The van der Waals surface area contributed by atoms with Crippen molar-refractivity contribution in [2.24, 2.45) is 0 Å². The molecule has 0 amide bonds. The summed E-state index contributed by atoms with van der Waals surface area (Å²) in [5, 5.41) is 0. The maximum Gasteiger partial charge on any atom is 0.466 e. The molecular formula is C3H12O9P2. The van der Waals surface area contributed by atoms with Crippen LogP contribution < -0.4 is 0 Å². The summed E-state index contributed by atoms with van der Waals surface area (Å²) >= 11 is 0. The van der Waals surface area contributed by atoms with Crippen LogP contribution in [0.15, 0.2) is 0 Å². The van der Waals surface area contributed by atoms with E-state index in [4.69, 9.17) is 38.5 Å². The molecule has 14 heavy (non-hydrogen) atoms. The van der Waals surface area contributed by atoms with Gasteiger partial charge >= 0.3 is 15.6 Å². The maximum atomic E-state index is 9.44. The number of carbonyl (C=O) groups is 1. The second-order valence-electron chi connectivity index (χ2n) is 1.93. The van der Waals surface area contributed by atoms with Crippen LogP contribution in [-0.2, 0) is 13.9 Å². The number of Topliss-reactive ketones (excluding diaryl/α,β-unsaturated/α-hetero) is 1. The summed E-state index contributed by atoms with van der Waals surface area (Å²) in [6.07, 6.45) is 0. The summed E-state index contributed by atoms with van der Waals surface area (Å²) in [6, 6.07) is 0. The van der Waals surface area contributed by atoms with Gasteiger partial charge in [-0.2, -0.15) is 0 Å². The van der Waals surface area contributed by atoms with E-state index in [9.17, 15) is 4.79 Å². The van der Waals surface area contributed by atoms with Crippen LogP contribution in [0.25, 0.3) is 0 Å². The molecule has 88 valence electrons. The lowest BCUT2D eigenvalue weighted by Crippen LogP contribution is -1.69. The topological polar surface area (TPSA) is 173 Å². The Morgan fingerprint density at radius 1 is 0.786 bits per heavy atom. The van der Waals surface area contributed by atoms with Gasteiger partial charge in [0.15, 0.2) is 0 Å². The maximum absolute atomic E-state index is 9.44. The second-order valence-corrected chi connectivity index (χ2v) is 3.99. The SMILES string of the molecule is CC(C)=O.O=P(O)(O)O.O=P(O)(O)O. The highest BCUT2D eigenvalue weighted by molar-refractivity contribution is 7.45. The molecule has 0 aromatic carbocycles. The Balaban J connectivity index is -0.000000131. The van der Waals surface area contributed by atoms with Gasteiger partial charge in [0.05, 0.1) is 0 Å². The van der Waals surface area contributed by atoms with E-state index in [-0.39, 0.29) is 5.78 Å². The molecule has 0 aliphatic rings. The van der Waals surface area contributed by atoms with E-state index in [0.717, 1.165) is 0 Å². The van der Waals surface area contributed by atoms with Gasteiger partial charge < -0.3 is 34.2 Å². The molecule has 0 unspecified atom stereocenters. The molecule has 0 spiro atoms. The lowest BCUT2D eigenvalue weighted by atomic mass is 10.6. The van der Waals surface area contributed by atoms with Crippen molar-refractivity contribution < 1.29 is 43.3 Å². The first-order chi connectivity index (χ1) is 5.73. The standard InChI is InChI=1S/C3H6O.2H3O4P/c1-3(2)4;2*1-5(2,3)4/h1-2H3;2*(H3,1,2,3,4). The van der Waals surface area contributed by atoms with Crippen molar-refractivity contribution in [2.75, 3.05) is 0 Å². The Morgan fingerprint density at radius 2 is 0.786 bits per heavy atom. The van der Waals surface area contributed by atoms with Crippen LogP contribution in [0.1, 0.15) is 13.8 Å². The molecule has 0 bridgehead atoms. The molecule has 0 saturated heterocycles. The fourth-order valence-corrected chi connectivity index (χ4v) is 0. The van der Waals surface area contributed by atoms with Gasteiger partial charge in [0, 0.05) is 0 Å². The Labute approximate surface area is 79.5 Å². The third-order valence-electron chi connectivity index (χ3n) is 0. The van der Waals surface area contributed by atoms with Gasteiger partial charge in [-0.3, -0.25) is 0 Å². The van der Waals surface area contributed by atoms with E-state index in [0.29, 0.717) is 0 Å². The average Bonchev–Trinajstić information content (AvgIpc) is 1.45. The van der Waals surface area contributed by atoms with E-state index < -0.39 is 15.6 Å². The third kappa shape index (κ3) is 117000. The smallest absolute Gasteiger partial charge is 0.303 e. The molecule has 0 atom stereocenters. The number of hydrogen-bond acceptors (Lipinski definition) is 3. The Hall–Kier alpha value is -0.110. The monoisotopic (exact) mass is 254 g/mol. The molecule has 9 nitrogen and oxygen atoms in total. The van der Waals surface area contributed by atoms with Gasteiger partial charge in [0.1, 0.15) is 5.78 Å². The number of phosphoric acid groups is 2. The van der Waals surface area contributed by atoms with Crippen LogP contribution in [0.5, 0.6) is 0 Å². The lowest BCUT2D eigenvalue weighted by molar-refractivity contribution is -0.115. The largest absolute Gasteiger partial charge is 0.466 e. The van der Waals surface area contributed by atoms with Crippen molar-refractivity contribution in [3.8, 4) is 0 Å². The van der Waals surface area contributed by atoms with Crippen molar-refractivity contribution >= 4 is 21.4 Å². The van der Waals surface area contributed by atoms with E-state index in [1.165, 1.54) is 13.8 Å². The van der Waals surface area contributed by atoms with E-state index in [2.05, 4.69) is 0 Å². The van der Waals surface area contributed by atoms with Gasteiger partial charge in [-0.15, -0.1) is 0 Å². The molecule has 11 heteroatoms. The number of rotatable bonds is 0. The van der Waals surface area contributed by atoms with Gasteiger partial charge in [0.25, 0.3) is 0 Å². The molecule has 0 radical (unpaired) electrons. The zero-order valence-corrected chi connectivity index (χ0v) is 9.09. The normalized spacial score (nSPS) is 10.3. The molecule has 0 heterocycles. The summed E-state index contributed by atoms with van der Waals surface area (Å²) in [4.78, 5) is 52.6. The summed E-state index contributed by atoms with van der Waals surface area (Å²) in [7, 11) is -9.28. The van der Waals surface area contributed by atoms with Crippen molar-refractivity contribution in [3.63, 3.8) is 0 Å². The third-order valence-corrected chi connectivity index (χ3v) is 0. The van der Waals surface area contributed by atoms with Crippen LogP contribution in [-0.4, -0.2) is 35.1 Å². The highest BCUT2D eigenvalue weighted by Gasteiger charge is 2.00.